The van der Waals surface area contributed by atoms with Crippen molar-refractivity contribution in [3.8, 4) is 5.75 Å². The van der Waals surface area contributed by atoms with Crippen molar-refractivity contribution in [1.29, 1.82) is 0 Å². The molecule has 148 valence electrons. The zero-order valence-electron chi connectivity index (χ0n) is 15.7. The van der Waals surface area contributed by atoms with Gasteiger partial charge in [0.05, 0.1) is 19.4 Å². The molecule has 0 amide bonds. The first kappa shape index (κ1) is 18.6. The fourth-order valence-electron chi connectivity index (χ4n) is 2.75. The van der Waals surface area contributed by atoms with Gasteiger partial charge < -0.3 is 20.1 Å². The molecule has 9 heteroatoms. The van der Waals surface area contributed by atoms with Gasteiger partial charge in [0.15, 0.2) is 0 Å². The third-order valence-electron chi connectivity index (χ3n) is 4.22. The highest BCUT2D eigenvalue weighted by atomic mass is 16.5. The molecule has 0 atom stereocenters. The third kappa shape index (κ3) is 5.17. The van der Waals surface area contributed by atoms with Gasteiger partial charge in [0.1, 0.15) is 5.75 Å². The summed E-state index contributed by atoms with van der Waals surface area (Å²) in [5.74, 6) is 1.52. The molecule has 29 heavy (non-hydrogen) atoms. The maximum Gasteiger partial charge on any atom is 0.250 e. The summed E-state index contributed by atoms with van der Waals surface area (Å²) < 4.78 is 5.41. The van der Waals surface area contributed by atoms with Gasteiger partial charge in [-0.05, 0) is 42.0 Å². The minimum absolute atomic E-state index is 0.208. The number of hydrogen-bond donors (Lipinski definition) is 3. The number of rotatable bonds is 6. The van der Waals surface area contributed by atoms with Crippen LogP contribution in [0.25, 0.3) is 0 Å². The van der Waals surface area contributed by atoms with Gasteiger partial charge in [-0.15, -0.1) is 0 Å². The van der Waals surface area contributed by atoms with E-state index in [1.165, 1.54) is 0 Å². The van der Waals surface area contributed by atoms with Gasteiger partial charge in [0, 0.05) is 18.8 Å². The van der Waals surface area contributed by atoms with Crippen LogP contribution in [0.2, 0.25) is 0 Å². The van der Waals surface area contributed by atoms with Crippen molar-refractivity contribution >= 4 is 29.7 Å². The van der Waals surface area contributed by atoms with Crippen LogP contribution >= 0.6 is 0 Å². The first-order valence-electron chi connectivity index (χ1n) is 9.25. The van der Waals surface area contributed by atoms with E-state index in [0.29, 0.717) is 44.1 Å². The average Bonchev–Trinajstić information content (AvgIpc) is 2.76. The number of aromatic hydroxyl groups is 1. The van der Waals surface area contributed by atoms with E-state index in [9.17, 15) is 5.11 Å². The number of ether oxygens (including phenoxy) is 1. The quantitative estimate of drug-likeness (QED) is 0.435. The molecule has 0 spiro atoms. The summed E-state index contributed by atoms with van der Waals surface area (Å²) in [7, 11) is 0. The minimum Gasteiger partial charge on any atom is -0.508 e. The SMILES string of the molecule is Oc1ccc(C=NNc2nc(Nc3ccccc3)nc(N3CCOCC3)n2)cc1. The monoisotopic (exact) mass is 391 g/mol. The molecule has 4 rings (SSSR count). The van der Waals surface area contributed by atoms with Crippen LogP contribution in [0.4, 0.5) is 23.5 Å². The number of morpholine rings is 1. The van der Waals surface area contributed by atoms with Crippen molar-refractivity contribution in [2.45, 2.75) is 0 Å². The van der Waals surface area contributed by atoms with Gasteiger partial charge in [-0.2, -0.15) is 20.1 Å². The topological polar surface area (TPSA) is 108 Å². The van der Waals surface area contributed by atoms with Gasteiger partial charge in [-0.25, -0.2) is 5.43 Å². The molecule has 0 unspecified atom stereocenters. The Morgan fingerprint density at radius 3 is 2.41 bits per heavy atom. The average molecular weight is 391 g/mol. The summed E-state index contributed by atoms with van der Waals surface area (Å²) in [5, 5.41) is 16.8. The zero-order valence-corrected chi connectivity index (χ0v) is 15.7. The lowest BCUT2D eigenvalue weighted by Gasteiger charge is -2.27. The highest BCUT2D eigenvalue weighted by Gasteiger charge is 2.16. The molecular formula is C20H21N7O2. The number of phenols is 1. The van der Waals surface area contributed by atoms with E-state index in [0.717, 1.165) is 11.3 Å². The lowest BCUT2D eigenvalue weighted by Crippen LogP contribution is -2.37. The van der Waals surface area contributed by atoms with Crippen molar-refractivity contribution in [2.75, 3.05) is 41.9 Å². The van der Waals surface area contributed by atoms with Gasteiger partial charge in [-0.1, -0.05) is 18.2 Å². The summed E-state index contributed by atoms with van der Waals surface area (Å²) in [4.78, 5) is 15.5. The first-order valence-corrected chi connectivity index (χ1v) is 9.25. The molecule has 1 aliphatic heterocycles. The van der Waals surface area contributed by atoms with Crippen molar-refractivity contribution in [2.24, 2.45) is 5.10 Å². The van der Waals surface area contributed by atoms with Gasteiger partial charge >= 0.3 is 0 Å². The zero-order chi connectivity index (χ0) is 19.9. The number of para-hydroxylation sites is 1. The van der Waals surface area contributed by atoms with Crippen LogP contribution in [0.3, 0.4) is 0 Å². The van der Waals surface area contributed by atoms with Crippen LogP contribution < -0.4 is 15.6 Å². The van der Waals surface area contributed by atoms with Gasteiger partial charge in [0.25, 0.3) is 0 Å². The Balaban J connectivity index is 1.55. The number of hydrogen-bond acceptors (Lipinski definition) is 9. The van der Waals surface area contributed by atoms with E-state index < -0.39 is 0 Å². The van der Waals surface area contributed by atoms with E-state index in [2.05, 4.69) is 35.7 Å². The van der Waals surface area contributed by atoms with Crippen LogP contribution in [-0.4, -0.2) is 52.6 Å². The summed E-state index contributed by atoms with van der Waals surface area (Å²) in [6, 6.07) is 16.4. The molecule has 3 aromatic rings. The molecule has 2 aromatic carbocycles. The normalized spacial score (nSPS) is 14.1. The summed E-state index contributed by atoms with van der Waals surface area (Å²) >= 11 is 0. The van der Waals surface area contributed by atoms with Crippen molar-refractivity contribution in [1.82, 2.24) is 15.0 Å². The Hall–Kier alpha value is -3.72. The number of benzene rings is 2. The fraction of sp³-hybridized carbons (Fsp3) is 0.200. The van der Waals surface area contributed by atoms with Crippen LogP contribution in [0.5, 0.6) is 5.75 Å². The first-order chi connectivity index (χ1) is 14.3. The Labute approximate surface area is 168 Å². The number of phenolic OH excluding ortho intramolecular Hbond substituents is 1. The molecule has 3 N–H and O–H groups in total. The Morgan fingerprint density at radius 1 is 0.931 bits per heavy atom. The minimum atomic E-state index is 0.208. The molecular weight excluding hydrogens is 370 g/mol. The molecule has 0 saturated carbocycles. The molecule has 1 aliphatic rings. The van der Waals surface area contributed by atoms with Crippen LogP contribution in [0.15, 0.2) is 59.7 Å². The van der Waals surface area contributed by atoms with E-state index in [1.54, 1.807) is 30.5 Å². The number of anilines is 4. The maximum atomic E-state index is 9.36. The highest BCUT2D eigenvalue weighted by Crippen LogP contribution is 2.18. The molecule has 2 heterocycles. The maximum absolute atomic E-state index is 9.36. The third-order valence-corrected chi connectivity index (χ3v) is 4.22. The number of nitrogens with one attached hydrogen (secondary N) is 2. The Kier molecular flexibility index (Phi) is 5.77. The molecule has 9 nitrogen and oxygen atoms in total. The molecule has 0 radical (unpaired) electrons. The standard InChI is InChI=1S/C20H21N7O2/c28-17-8-6-15(7-9-17)14-21-26-19-23-18(22-16-4-2-1-3-5-16)24-20(25-19)27-10-12-29-13-11-27/h1-9,14,28H,10-13H2,(H2,22,23,24,25,26). The highest BCUT2D eigenvalue weighted by molar-refractivity contribution is 5.80. The van der Waals surface area contributed by atoms with Crippen LogP contribution in [0.1, 0.15) is 5.56 Å². The number of nitrogens with zero attached hydrogens (tertiary/aromatic N) is 5. The van der Waals surface area contributed by atoms with Crippen LogP contribution in [-0.2, 0) is 4.74 Å². The predicted molar refractivity (Wildman–Crippen MR) is 112 cm³/mol. The molecule has 0 bridgehead atoms. The van der Waals surface area contributed by atoms with Crippen molar-refractivity contribution in [3.63, 3.8) is 0 Å². The van der Waals surface area contributed by atoms with E-state index in [1.807, 2.05) is 30.3 Å². The second kappa shape index (κ2) is 8.98. The fourth-order valence-corrected chi connectivity index (χ4v) is 2.75. The molecule has 1 saturated heterocycles. The Bertz CT molecular complexity index is 958. The largest absolute Gasteiger partial charge is 0.508 e. The van der Waals surface area contributed by atoms with E-state index in [-0.39, 0.29) is 5.75 Å². The Morgan fingerprint density at radius 2 is 1.66 bits per heavy atom. The predicted octanol–water partition coefficient (Wildman–Crippen LogP) is 2.60. The second-order valence-corrected chi connectivity index (χ2v) is 6.33. The molecule has 1 fully saturated rings. The number of hydrazone groups is 1. The van der Waals surface area contributed by atoms with Crippen molar-refractivity contribution < 1.29 is 9.84 Å². The smallest absolute Gasteiger partial charge is 0.250 e. The lowest BCUT2D eigenvalue weighted by molar-refractivity contribution is 0.122. The lowest BCUT2D eigenvalue weighted by atomic mass is 10.2. The summed E-state index contributed by atoms with van der Waals surface area (Å²) in [6.07, 6.45) is 1.63. The second-order valence-electron chi connectivity index (χ2n) is 6.33. The number of aromatic nitrogens is 3. The van der Waals surface area contributed by atoms with E-state index in [4.69, 9.17) is 4.74 Å². The van der Waals surface area contributed by atoms with Crippen LogP contribution in [0, 0.1) is 0 Å². The molecule has 1 aromatic heterocycles. The molecule has 0 aliphatic carbocycles. The van der Waals surface area contributed by atoms with Gasteiger partial charge in [0.2, 0.25) is 17.8 Å². The summed E-state index contributed by atoms with van der Waals surface area (Å²) in [6.45, 7) is 2.69. The van der Waals surface area contributed by atoms with E-state index >= 15 is 0 Å². The summed E-state index contributed by atoms with van der Waals surface area (Å²) in [5.41, 5.74) is 4.57. The van der Waals surface area contributed by atoms with Crippen molar-refractivity contribution in [3.05, 3.63) is 60.2 Å². The van der Waals surface area contributed by atoms with Gasteiger partial charge in [-0.3, -0.25) is 0 Å².